The van der Waals surface area contributed by atoms with Crippen LogP contribution in [-0.2, 0) is 6.54 Å². The maximum absolute atomic E-state index is 6.22. The molecule has 0 aliphatic carbocycles. The molecule has 16 heavy (non-hydrogen) atoms. The van der Waals surface area contributed by atoms with E-state index >= 15 is 0 Å². The molecule has 2 unspecified atom stereocenters. The van der Waals surface area contributed by atoms with Crippen LogP contribution < -0.4 is 5.73 Å². The van der Waals surface area contributed by atoms with Crippen molar-refractivity contribution in [3.05, 3.63) is 18.2 Å². The summed E-state index contributed by atoms with van der Waals surface area (Å²) in [6.07, 6.45) is 6.14. The highest BCUT2D eigenvalue weighted by Gasteiger charge is 2.33. The van der Waals surface area contributed by atoms with Crippen molar-refractivity contribution in [3.8, 4) is 0 Å². The molecule has 0 radical (unpaired) electrons. The van der Waals surface area contributed by atoms with E-state index < -0.39 is 0 Å². The first-order valence-corrected chi connectivity index (χ1v) is 6.27. The van der Waals surface area contributed by atoms with Gasteiger partial charge in [0.25, 0.3) is 0 Å². The van der Waals surface area contributed by atoms with Gasteiger partial charge in [-0.1, -0.05) is 13.8 Å². The average Bonchev–Trinajstić information content (AvgIpc) is 2.85. The zero-order valence-corrected chi connectivity index (χ0v) is 10.3. The van der Waals surface area contributed by atoms with Crippen LogP contribution in [0.25, 0.3) is 0 Å². The number of likely N-dealkylation sites (tertiary alicyclic amines) is 1. The molecule has 1 aliphatic rings. The smallest absolute Gasteiger partial charge is 0.0948 e. The van der Waals surface area contributed by atoms with Gasteiger partial charge in [0, 0.05) is 25.3 Å². The third kappa shape index (κ3) is 1.99. The SMILES string of the molecule is CCCn1cncc1C1C(N)CCN1CC. The molecular weight excluding hydrogens is 200 g/mol. The minimum absolute atomic E-state index is 0.257. The Hall–Kier alpha value is -0.870. The van der Waals surface area contributed by atoms with Gasteiger partial charge in [0.1, 0.15) is 0 Å². The van der Waals surface area contributed by atoms with Crippen LogP contribution in [0.5, 0.6) is 0 Å². The lowest BCUT2D eigenvalue weighted by molar-refractivity contribution is 0.250. The maximum Gasteiger partial charge on any atom is 0.0948 e. The summed E-state index contributed by atoms with van der Waals surface area (Å²) in [6, 6.07) is 0.617. The number of nitrogens with zero attached hydrogens (tertiary/aromatic N) is 3. The van der Waals surface area contributed by atoms with Crippen molar-refractivity contribution in [1.29, 1.82) is 0 Å². The second kappa shape index (κ2) is 4.97. The fourth-order valence-electron chi connectivity index (χ4n) is 2.65. The van der Waals surface area contributed by atoms with Gasteiger partial charge in [-0.25, -0.2) is 4.98 Å². The molecule has 2 atom stereocenters. The van der Waals surface area contributed by atoms with Crippen molar-refractivity contribution in [1.82, 2.24) is 14.5 Å². The molecule has 4 nitrogen and oxygen atoms in total. The Morgan fingerprint density at radius 2 is 2.31 bits per heavy atom. The van der Waals surface area contributed by atoms with E-state index in [9.17, 15) is 0 Å². The third-order valence-electron chi connectivity index (χ3n) is 3.47. The minimum atomic E-state index is 0.257. The molecule has 1 fully saturated rings. The summed E-state index contributed by atoms with van der Waals surface area (Å²) in [4.78, 5) is 6.72. The predicted octanol–water partition coefficient (Wildman–Crippen LogP) is 1.39. The number of hydrogen-bond acceptors (Lipinski definition) is 3. The number of imidazole rings is 1. The van der Waals surface area contributed by atoms with Gasteiger partial charge in [-0.05, 0) is 19.4 Å². The lowest BCUT2D eigenvalue weighted by Gasteiger charge is -2.26. The summed E-state index contributed by atoms with van der Waals surface area (Å²) in [5.41, 5.74) is 7.50. The van der Waals surface area contributed by atoms with Gasteiger partial charge in [0.05, 0.1) is 18.1 Å². The standard InChI is InChI=1S/C12H22N4/c1-3-6-16-9-14-8-11(16)12-10(13)5-7-15(12)4-2/h8-10,12H,3-7,13H2,1-2H3. The highest BCUT2D eigenvalue weighted by atomic mass is 15.2. The van der Waals surface area contributed by atoms with E-state index in [4.69, 9.17) is 5.73 Å². The summed E-state index contributed by atoms with van der Waals surface area (Å²) in [6.45, 7) is 7.60. The van der Waals surface area contributed by atoms with Crippen LogP contribution in [0, 0.1) is 0 Å². The van der Waals surface area contributed by atoms with Crippen LogP contribution in [0.2, 0.25) is 0 Å². The first-order valence-electron chi connectivity index (χ1n) is 6.27. The fourth-order valence-corrected chi connectivity index (χ4v) is 2.65. The van der Waals surface area contributed by atoms with Crippen LogP contribution in [0.3, 0.4) is 0 Å². The Labute approximate surface area is 97.4 Å². The summed E-state index contributed by atoms with van der Waals surface area (Å²) in [5, 5.41) is 0. The van der Waals surface area contributed by atoms with Crippen molar-refractivity contribution in [2.24, 2.45) is 5.73 Å². The highest BCUT2D eigenvalue weighted by molar-refractivity contribution is 5.11. The fraction of sp³-hybridized carbons (Fsp3) is 0.750. The monoisotopic (exact) mass is 222 g/mol. The Morgan fingerprint density at radius 1 is 1.50 bits per heavy atom. The predicted molar refractivity (Wildman–Crippen MR) is 65.1 cm³/mol. The quantitative estimate of drug-likeness (QED) is 0.837. The first kappa shape index (κ1) is 11.6. The zero-order valence-electron chi connectivity index (χ0n) is 10.3. The van der Waals surface area contributed by atoms with E-state index in [1.165, 1.54) is 5.69 Å². The van der Waals surface area contributed by atoms with E-state index in [-0.39, 0.29) is 6.04 Å². The molecule has 2 N–H and O–H groups in total. The van der Waals surface area contributed by atoms with E-state index in [2.05, 4.69) is 28.3 Å². The van der Waals surface area contributed by atoms with Gasteiger partial charge in [0.15, 0.2) is 0 Å². The van der Waals surface area contributed by atoms with Crippen molar-refractivity contribution >= 4 is 0 Å². The summed E-state index contributed by atoms with van der Waals surface area (Å²) >= 11 is 0. The topological polar surface area (TPSA) is 47.1 Å². The summed E-state index contributed by atoms with van der Waals surface area (Å²) in [7, 11) is 0. The van der Waals surface area contributed by atoms with Gasteiger partial charge in [-0.15, -0.1) is 0 Å². The first-order chi connectivity index (χ1) is 7.77. The largest absolute Gasteiger partial charge is 0.333 e. The van der Waals surface area contributed by atoms with Crippen molar-refractivity contribution in [3.63, 3.8) is 0 Å². The lowest BCUT2D eigenvalue weighted by atomic mass is 10.1. The maximum atomic E-state index is 6.22. The summed E-state index contributed by atoms with van der Waals surface area (Å²) < 4.78 is 2.25. The van der Waals surface area contributed by atoms with Gasteiger partial charge in [-0.3, -0.25) is 4.90 Å². The van der Waals surface area contributed by atoms with E-state index in [0.29, 0.717) is 6.04 Å². The molecule has 2 rings (SSSR count). The summed E-state index contributed by atoms with van der Waals surface area (Å²) in [5.74, 6) is 0. The van der Waals surface area contributed by atoms with Gasteiger partial charge in [-0.2, -0.15) is 0 Å². The molecule has 4 heteroatoms. The molecule has 0 aromatic carbocycles. The molecular formula is C12H22N4. The van der Waals surface area contributed by atoms with Gasteiger partial charge < -0.3 is 10.3 Å². The molecule has 1 saturated heterocycles. The Morgan fingerprint density at radius 3 is 3.00 bits per heavy atom. The van der Waals surface area contributed by atoms with Crippen LogP contribution in [0.15, 0.2) is 12.5 Å². The molecule has 1 aliphatic heterocycles. The van der Waals surface area contributed by atoms with E-state index in [1.54, 1.807) is 0 Å². The van der Waals surface area contributed by atoms with Crippen LogP contribution in [0.1, 0.15) is 38.4 Å². The number of rotatable bonds is 4. The van der Waals surface area contributed by atoms with Crippen LogP contribution in [-0.4, -0.2) is 33.6 Å². The average molecular weight is 222 g/mol. The zero-order chi connectivity index (χ0) is 11.5. The number of likely N-dealkylation sites (N-methyl/N-ethyl adjacent to an activating group) is 1. The molecule has 2 heterocycles. The number of nitrogens with two attached hydrogens (primary N) is 1. The van der Waals surface area contributed by atoms with Crippen LogP contribution in [0.4, 0.5) is 0 Å². The number of aromatic nitrogens is 2. The van der Waals surface area contributed by atoms with Gasteiger partial charge >= 0.3 is 0 Å². The third-order valence-corrected chi connectivity index (χ3v) is 3.47. The Kier molecular flexibility index (Phi) is 3.61. The molecule has 0 bridgehead atoms. The van der Waals surface area contributed by atoms with Crippen molar-refractivity contribution < 1.29 is 0 Å². The molecule has 0 spiro atoms. The van der Waals surface area contributed by atoms with E-state index in [1.807, 2.05) is 12.5 Å². The molecule has 0 amide bonds. The normalized spacial score (nSPS) is 26.4. The number of aryl methyl sites for hydroxylation is 1. The Bertz CT molecular complexity index is 334. The number of hydrogen-bond donors (Lipinski definition) is 1. The van der Waals surface area contributed by atoms with Crippen molar-refractivity contribution in [2.75, 3.05) is 13.1 Å². The molecule has 1 aromatic heterocycles. The van der Waals surface area contributed by atoms with Crippen molar-refractivity contribution in [2.45, 2.75) is 45.3 Å². The molecule has 1 aromatic rings. The highest BCUT2D eigenvalue weighted by Crippen LogP contribution is 2.30. The molecule has 0 saturated carbocycles. The van der Waals surface area contributed by atoms with Crippen LogP contribution >= 0.6 is 0 Å². The second-order valence-electron chi connectivity index (χ2n) is 4.54. The Balaban J connectivity index is 2.23. The molecule has 90 valence electrons. The van der Waals surface area contributed by atoms with E-state index in [0.717, 1.165) is 32.5 Å². The minimum Gasteiger partial charge on any atom is -0.333 e. The van der Waals surface area contributed by atoms with Gasteiger partial charge in [0.2, 0.25) is 0 Å². The second-order valence-corrected chi connectivity index (χ2v) is 4.54. The lowest BCUT2D eigenvalue weighted by Crippen LogP contribution is -2.33.